The fraction of sp³-hybridized carbons (Fsp3) is 0.462. The van der Waals surface area contributed by atoms with Gasteiger partial charge in [-0.25, -0.2) is 4.39 Å². The summed E-state index contributed by atoms with van der Waals surface area (Å²) in [6.45, 7) is 3.16. The number of rotatable bonds is 3. The molecule has 1 heterocycles. The van der Waals surface area contributed by atoms with Crippen molar-refractivity contribution >= 4 is 48.0 Å². The molecule has 1 fully saturated rings. The van der Waals surface area contributed by atoms with E-state index in [0.717, 1.165) is 26.2 Å². The van der Waals surface area contributed by atoms with Crippen LogP contribution in [0, 0.1) is 17.1 Å². The molecule has 21 heavy (non-hydrogen) atoms. The molecule has 1 atom stereocenters. The third-order valence-electron chi connectivity index (χ3n) is 3.29. The van der Waals surface area contributed by atoms with Crippen molar-refractivity contribution in [3.8, 4) is 6.07 Å². The van der Waals surface area contributed by atoms with E-state index in [1.165, 1.54) is 6.07 Å². The highest BCUT2D eigenvalue weighted by Gasteiger charge is 2.27. The van der Waals surface area contributed by atoms with Gasteiger partial charge in [-0.1, -0.05) is 23.2 Å². The number of nitriles is 1. The Morgan fingerprint density at radius 3 is 2.38 bits per heavy atom. The Morgan fingerprint density at radius 1 is 1.24 bits per heavy atom. The molecule has 1 aliphatic rings. The summed E-state index contributed by atoms with van der Waals surface area (Å²) in [6, 6.07) is 4.77. The van der Waals surface area contributed by atoms with Gasteiger partial charge < -0.3 is 5.32 Å². The molecule has 1 saturated heterocycles. The quantitative estimate of drug-likeness (QED) is 0.817. The molecule has 1 aromatic carbocycles. The SMILES string of the molecule is Cl.Cl.N#CC[C@H](c1c(Cl)ccc(Cl)c1F)N1CCNCC1. The molecule has 0 radical (unpaired) electrons. The lowest BCUT2D eigenvalue weighted by molar-refractivity contribution is 0.172. The molecule has 0 aromatic heterocycles. The van der Waals surface area contributed by atoms with Crippen LogP contribution in [0.3, 0.4) is 0 Å². The van der Waals surface area contributed by atoms with Crippen molar-refractivity contribution in [1.29, 1.82) is 5.26 Å². The van der Waals surface area contributed by atoms with Crippen LogP contribution in [0.5, 0.6) is 0 Å². The van der Waals surface area contributed by atoms with E-state index >= 15 is 0 Å². The Hall–Kier alpha value is -0.280. The number of benzene rings is 1. The van der Waals surface area contributed by atoms with Crippen LogP contribution in [0.15, 0.2) is 12.1 Å². The van der Waals surface area contributed by atoms with Crippen molar-refractivity contribution in [3.63, 3.8) is 0 Å². The molecule has 0 spiro atoms. The van der Waals surface area contributed by atoms with E-state index in [1.807, 2.05) is 0 Å². The van der Waals surface area contributed by atoms with Crippen LogP contribution < -0.4 is 5.32 Å². The van der Waals surface area contributed by atoms with E-state index in [-0.39, 0.29) is 42.3 Å². The van der Waals surface area contributed by atoms with Gasteiger partial charge in [-0.3, -0.25) is 4.90 Å². The largest absolute Gasteiger partial charge is 0.314 e. The van der Waals surface area contributed by atoms with Gasteiger partial charge in [0.25, 0.3) is 0 Å². The molecule has 118 valence electrons. The second-order valence-electron chi connectivity index (χ2n) is 4.42. The standard InChI is InChI=1S/C13H14Cl2FN3.2ClH/c14-9-1-2-10(15)13(16)12(9)11(3-4-17)19-7-5-18-6-8-19;;/h1-2,11,18H,3,5-8H2;2*1H/t11-;;/m1../s1. The van der Waals surface area contributed by atoms with Gasteiger partial charge in [0.15, 0.2) is 0 Å². The molecular weight excluding hydrogens is 359 g/mol. The van der Waals surface area contributed by atoms with Crippen LogP contribution in [0.4, 0.5) is 4.39 Å². The normalized spacial score (nSPS) is 16.3. The zero-order chi connectivity index (χ0) is 13.8. The Bertz CT molecular complexity index is 501. The van der Waals surface area contributed by atoms with E-state index in [0.29, 0.717) is 10.6 Å². The third-order valence-corrected chi connectivity index (χ3v) is 3.91. The highest BCUT2D eigenvalue weighted by atomic mass is 35.5. The number of halogens is 5. The zero-order valence-electron chi connectivity index (χ0n) is 11.1. The first-order valence-corrected chi connectivity index (χ1v) is 6.86. The van der Waals surface area contributed by atoms with Crippen LogP contribution in [0.2, 0.25) is 10.0 Å². The van der Waals surface area contributed by atoms with Crippen molar-refractivity contribution in [2.24, 2.45) is 0 Å². The summed E-state index contributed by atoms with van der Waals surface area (Å²) in [5.41, 5.74) is 0.331. The maximum absolute atomic E-state index is 14.2. The molecular formula is C13H16Cl4FN3. The van der Waals surface area contributed by atoms with Crippen LogP contribution in [0.1, 0.15) is 18.0 Å². The number of piperazine rings is 1. The summed E-state index contributed by atoms with van der Waals surface area (Å²) < 4.78 is 14.2. The maximum atomic E-state index is 14.2. The molecule has 0 bridgehead atoms. The minimum atomic E-state index is -0.520. The fourth-order valence-corrected chi connectivity index (χ4v) is 2.78. The van der Waals surface area contributed by atoms with E-state index in [1.54, 1.807) is 6.07 Å². The lowest BCUT2D eigenvalue weighted by atomic mass is 10.0. The van der Waals surface area contributed by atoms with Crippen molar-refractivity contribution in [1.82, 2.24) is 10.2 Å². The summed E-state index contributed by atoms with van der Waals surface area (Å²) in [4.78, 5) is 2.07. The Morgan fingerprint density at radius 2 is 1.81 bits per heavy atom. The number of nitrogens with zero attached hydrogens (tertiary/aromatic N) is 2. The lowest BCUT2D eigenvalue weighted by Crippen LogP contribution is -2.45. The first-order chi connectivity index (χ1) is 9.15. The number of hydrogen-bond acceptors (Lipinski definition) is 3. The lowest BCUT2D eigenvalue weighted by Gasteiger charge is -2.34. The van der Waals surface area contributed by atoms with Gasteiger partial charge in [-0.15, -0.1) is 24.8 Å². The topological polar surface area (TPSA) is 39.1 Å². The molecule has 0 saturated carbocycles. The maximum Gasteiger partial charge on any atom is 0.148 e. The first-order valence-electron chi connectivity index (χ1n) is 6.10. The van der Waals surface area contributed by atoms with Gasteiger partial charge in [0.1, 0.15) is 5.82 Å². The molecule has 0 unspecified atom stereocenters. The van der Waals surface area contributed by atoms with Crippen molar-refractivity contribution in [2.45, 2.75) is 12.5 Å². The molecule has 1 aromatic rings. The van der Waals surface area contributed by atoms with Crippen molar-refractivity contribution in [2.75, 3.05) is 26.2 Å². The zero-order valence-corrected chi connectivity index (χ0v) is 14.3. The molecule has 2 rings (SSSR count). The average Bonchev–Trinajstić information content (AvgIpc) is 2.43. The van der Waals surface area contributed by atoms with Gasteiger partial charge in [0.2, 0.25) is 0 Å². The summed E-state index contributed by atoms with van der Waals surface area (Å²) in [6.07, 6.45) is 0.191. The second-order valence-corrected chi connectivity index (χ2v) is 5.24. The van der Waals surface area contributed by atoms with E-state index in [4.69, 9.17) is 28.5 Å². The predicted molar refractivity (Wildman–Crippen MR) is 88.3 cm³/mol. The first kappa shape index (κ1) is 20.7. The van der Waals surface area contributed by atoms with Gasteiger partial charge in [-0.05, 0) is 12.1 Å². The summed E-state index contributed by atoms with van der Waals surface area (Å²) in [5.74, 6) is -0.520. The van der Waals surface area contributed by atoms with Gasteiger partial charge in [0, 0.05) is 36.8 Å². The summed E-state index contributed by atoms with van der Waals surface area (Å²) >= 11 is 11.9. The highest BCUT2D eigenvalue weighted by molar-refractivity contribution is 6.33. The smallest absolute Gasteiger partial charge is 0.148 e. The van der Waals surface area contributed by atoms with Crippen LogP contribution >= 0.6 is 48.0 Å². The summed E-state index contributed by atoms with van der Waals surface area (Å²) in [5, 5.41) is 12.6. The molecule has 8 heteroatoms. The molecule has 1 N–H and O–H groups in total. The minimum Gasteiger partial charge on any atom is -0.314 e. The fourth-order valence-electron chi connectivity index (χ4n) is 2.34. The van der Waals surface area contributed by atoms with Gasteiger partial charge >= 0.3 is 0 Å². The van der Waals surface area contributed by atoms with Crippen LogP contribution in [0.25, 0.3) is 0 Å². The second kappa shape index (κ2) is 9.68. The number of hydrogen-bond donors (Lipinski definition) is 1. The molecule has 0 amide bonds. The Balaban J connectivity index is 0.00000200. The van der Waals surface area contributed by atoms with Gasteiger partial charge in [0.05, 0.1) is 23.6 Å². The van der Waals surface area contributed by atoms with Crippen LogP contribution in [-0.2, 0) is 0 Å². The predicted octanol–water partition coefficient (Wildman–Crippen LogP) is 3.84. The van der Waals surface area contributed by atoms with Crippen molar-refractivity contribution < 1.29 is 4.39 Å². The van der Waals surface area contributed by atoms with Crippen molar-refractivity contribution in [3.05, 3.63) is 33.6 Å². The van der Waals surface area contributed by atoms with E-state index in [2.05, 4.69) is 16.3 Å². The van der Waals surface area contributed by atoms with E-state index < -0.39 is 5.82 Å². The third kappa shape index (κ3) is 4.85. The monoisotopic (exact) mass is 373 g/mol. The average molecular weight is 375 g/mol. The summed E-state index contributed by atoms with van der Waals surface area (Å²) in [7, 11) is 0. The van der Waals surface area contributed by atoms with Crippen LogP contribution in [-0.4, -0.2) is 31.1 Å². The molecule has 1 aliphatic heterocycles. The molecule has 0 aliphatic carbocycles. The van der Waals surface area contributed by atoms with E-state index in [9.17, 15) is 4.39 Å². The Kier molecular flexibility index (Phi) is 9.55. The Labute approximate surface area is 146 Å². The highest BCUT2D eigenvalue weighted by Crippen LogP contribution is 2.35. The number of nitrogens with one attached hydrogen (secondary N) is 1. The molecule has 3 nitrogen and oxygen atoms in total. The minimum absolute atomic E-state index is 0. The van der Waals surface area contributed by atoms with Gasteiger partial charge in [-0.2, -0.15) is 5.26 Å².